The second-order valence-electron chi connectivity index (χ2n) is 8.76. The van der Waals surface area contributed by atoms with E-state index in [1.165, 1.54) is 0 Å². The van der Waals surface area contributed by atoms with Gasteiger partial charge in [0.1, 0.15) is 6.04 Å². The zero-order valence-corrected chi connectivity index (χ0v) is 20.8. The maximum atomic E-state index is 13.4. The van der Waals surface area contributed by atoms with Crippen LogP contribution in [0.5, 0.6) is 11.5 Å². The van der Waals surface area contributed by atoms with E-state index in [2.05, 4.69) is 25.2 Å². The number of nitrogens with one attached hydrogen (secondary N) is 1. The molecule has 2 aromatic carbocycles. The van der Waals surface area contributed by atoms with E-state index in [-0.39, 0.29) is 11.8 Å². The Morgan fingerprint density at radius 3 is 2.33 bits per heavy atom. The summed E-state index contributed by atoms with van der Waals surface area (Å²) >= 11 is 0. The quantitative estimate of drug-likeness (QED) is 0.512. The van der Waals surface area contributed by atoms with E-state index in [1.807, 2.05) is 50.2 Å². The Kier molecular flexibility index (Phi) is 10.2. The van der Waals surface area contributed by atoms with Crippen LogP contribution >= 0.6 is 0 Å². The van der Waals surface area contributed by atoms with Crippen molar-refractivity contribution in [3.8, 4) is 11.5 Å². The van der Waals surface area contributed by atoms with Crippen LogP contribution < -0.4 is 14.8 Å². The Hall–Kier alpha value is -3.02. The first-order valence-electron chi connectivity index (χ1n) is 11.6. The second kappa shape index (κ2) is 12.9. The van der Waals surface area contributed by atoms with Crippen molar-refractivity contribution in [2.75, 3.05) is 20.8 Å². The molecule has 0 spiro atoms. The molecule has 0 aliphatic carbocycles. The van der Waals surface area contributed by atoms with Crippen LogP contribution in [0.4, 0.5) is 0 Å². The van der Waals surface area contributed by atoms with Crippen LogP contribution in [0.2, 0.25) is 0 Å². The van der Waals surface area contributed by atoms with Crippen molar-refractivity contribution in [2.45, 2.75) is 59.5 Å². The van der Waals surface area contributed by atoms with Gasteiger partial charge in [0.15, 0.2) is 11.5 Å². The Morgan fingerprint density at radius 1 is 1.00 bits per heavy atom. The van der Waals surface area contributed by atoms with Crippen molar-refractivity contribution in [1.82, 2.24) is 10.2 Å². The van der Waals surface area contributed by atoms with Crippen LogP contribution in [0, 0.1) is 12.8 Å². The molecule has 180 valence electrons. The molecular weight excluding hydrogens is 416 g/mol. The first-order valence-corrected chi connectivity index (χ1v) is 11.6. The molecule has 0 saturated carbocycles. The van der Waals surface area contributed by atoms with E-state index in [0.717, 1.165) is 16.7 Å². The Balaban J connectivity index is 2.22. The van der Waals surface area contributed by atoms with Gasteiger partial charge in [-0.1, -0.05) is 56.7 Å². The van der Waals surface area contributed by atoms with Crippen LogP contribution in [-0.4, -0.2) is 43.5 Å². The monoisotopic (exact) mass is 454 g/mol. The number of carbonyl (C=O) groups excluding carboxylic acids is 2. The van der Waals surface area contributed by atoms with Gasteiger partial charge in [-0.15, -0.1) is 0 Å². The zero-order chi connectivity index (χ0) is 24.4. The van der Waals surface area contributed by atoms with Crippen molar-refractivity contribution in [3.05, 3.63) is 59.2 Å². The van der Waals surface area contributed by atoms with E-state index in [1.54, 1.807) is 19.1 Å². The molecule has 1 N–H and O–H groups in total. The molecule has 0 aromatic heterocycles. The van der Waals surface area contributed by atoms with E-state index in [0.29, 0.717) is 49.8 Å². The predicted molar refractivity (Wildman–Crippen MR) is 132 cm³/mol. The molecule has 0 radical (unpaired) electrons. The lowest BCUT2D eigenvalue weighted by atomic mass is 10.0. The van der Waals surface area contributed by atoms with E-state index >= 15 is 0 Å². The molecule has 0 aliphatic rings. The third-order valence-corrected chi connectivity index (χ3v) is 5.58. The number of carbonyl (C=O) groups is 2. The van der Waals surface area contributed by atoms with Crippen molar-refractivity contribution < 1.29 is 19.1 Å². The normalized spacial score (nSPS) is 11.7. The number of hydrogen-bond donors (Lipinski definition) is 1. The summed E-state index contributed by atoms with van der Waals surface area (Å²) in [6, 6.07) is 13.2. The SMILES string of the molecule is CC[C@@H](C(=O)NCC(C)C)N(Cc1cccc(C)c1)C(=O)CCc1ccc(OC)c(OC)c1. The van der Waals surface area contributed by atoms with Gasteiger partial charge in [-0.25, -0.2) is 0 Å². The molecule has 6 nitrogen and oxygen atoms in total. The third-order valence-electron chi connectivity index (χ3n) is 5.58. The molecule has 0 fully saturated rings. The van der Waals surface area contributed by atoms with Crippen LogP contribution in [-0.2, 0) is 22.6 Å². The number of aryl methyl sites for hydroxylation is 2. The highest BCUT2D eigenvalue weighted by Gasteiger charge is 2.28. The van der Waals surface area contributed by atoms with Crippen LogP contribution in [0.3, 0.4) is 0 Å². The van der Waals surface area contributed by atoms with Crippen LogP contribution in [0.25, 0.3) is 0 Å². The minimum absolute atomic E-state index is 0.0437. The molecule has 2 amide bonds. The van der Waals surface area contributed by atoms with Gasteiger partial charge in [0, 0.05) is 19.5 Å². The topological polar surface area (TPSA) is 67.9 Å². The summed E-state index contributed by atoms with van der Waals surface area (Å²) in [7, 11) is 3.19. The number of nitrogens with zero attached hydrogens (tertiary/aromatic N) is 1. The molecule has 2 rings (SSSR count). The van der Waals surface area contributed by atoms with Crippen molar-refractivity contribution >= 4 is 11.8 Å². The summed E-state index contributed by atoms with van der Waals surface area (Å²) in [4.78, 5) is 28.1. The summed E-state index contributed by atoms with van der Waals surface area (Å²) in [5.74, 6) is 1.49. The minimum atomic E-state index is -0.512. The predicted octanol–water partition coefficient (Wildman–Crippen LogP) is 4.52. The first-order chi connectivity index (χ1) is 15.8. The summed E-state index contributed by atoms with van der Waals surface area (Å²) in [6.07, 6.45) is 1.40. The maximum absolute atomic E-state index is 13.4. The molecule has 6 heteroatoms. The lowest BCUT2D eigenvalue weighted by Crippen LogP contribution is -2.49. The van der Waals surface area contributed by atoms with Crippen LogP contribution in [0.1, 0.15) is 50.3 Å². The van der Waals surface area contributed by atoms with Gasteiger partial charge in [0.05, 0.1) is 14.2 Å². The molecule has 0 heterocycles. The van der Waals surface area contributed by atoms with Crippen molar-refractivity contribution in [2.24, 2.45) is 5.92 Å². The van der Waals surface area contributed by atoms with Gasteiger partial charge in [-0.2, -0.15) is 0 Å². The number of hydrogen-bond acceptors (Lipinski definition) is 4. The van der Waals surface area contributed by atoms with Crippen molar-refractivity contribution in [3.63, 3.8) is 0 Å². The van der Waals surface area contributed by atoms with E-state index in [4.69, 9.17) is 9.47 Å². The highest BCUT2D eigenvalue weighted by atomic mass is 16.5. The molecule has 0 bridgehead atoms. The number of methoxy groups -OCH3 is 2. The highest BCUT2D eigenvalue weighted by Crippen LogP contribution is 2.28. The molecular formula is C27H38N2O4. The average Bonchev–Trinajstić information content (AvgIpc) is 2.80. The summed E-state index contributed by atoms with van der Waals surface area (Å²) in [5.41, 5.74) is 3.13. The molecule has 0 aliphatic heterocycles. The molecule has 2 aromatic rings. The average molecular weight is 455 g/mol. The first kappa shape index (κ1) is 26.2. The molecule has 1 atom stereocenters. The molecule has 0 unspecified atom stereocenters. The smallest absolute Gasteiger partial charge is 0.242 e. The maximum Gasteiger partial charge on any atom is 0.242 e. The minimum Gasteiger partial charge on any atom is -0.493 e. The Bertz CT molecular complexity index is 926. The highest BCUT2D eigenvalue weighted by molar-refractivity contribution is 5.87. The van der Waals surface area contributed by atoms with Crippen LogP contribution in [0.15, 0.2) is 42.5 Å². The molecule has 0 saturated heterocycles. The summed E-state index contributed by atoms with van der Waals surface area (Å²) in [6.45, 7) is 9.08. The largest absolute Gasteiger partial charge is 0.493 e. The lowest BCUT2D eigenvalue weighted by Gasteiger charge is -2.31. The Morgan fingerprint density at radius 2 is 1.73 bits per heavy atom. The fourth-order valence-electron chi connectivity index (χ4n) is 3.78. The number of ether oxygens (including phenoxy) is 2. The standard InChI is InChI=1S/C27H38N2O4/c1-7-23(27(31)28-17-19(2)3)29(18-22-10-8-9-20(4)15-22)26(30)14-12-21-11-13-24(32-5)25(16-21)33-6/h8-11,13,15-16,19,23H,7,12,14,17-18H2,1-6H3,(H,28,31)/t23-/m0/s1. The number of amides is 2. The lowest BCUT2D eigenvalue weighted by molar-refractivity contribution is -0.141. The zero-order valence-electron chi connectivity index (χ0n) is 20.8. The van der Waals surface area contributed by atoms with Gasteiger partial charge in [-0.3, -0.25) is 9.59 Å². The van der Waals surface area contributed by atoms with E-state index < -0.39 is 6.04 Å². The number of rotatable bonds is 12. The summed E-state index contributed by atoms with van der Waals surface area (Å²) in [5, 5.41) is 3.00. The Labute approximate surface area is 198 Å². The fourth-order valence-corrected chi connectivity index (χ4v) is 3.78. The fraction of sp³-hybridized carbons (Fsp3) is 0.481. The summed E-state index contributed by atoms with van der Waals surface area (Å²) < 4.78 is 10.7. The van der Waals surface area contributed by atoms with Gasteiger partial charge in [0.2, 0.25) is 11.8 Å². The van der Waals surface area contributed by atoms with Gasteiger partial charge in [-0.05, 0) is 48.9 Å². The van der Waals surface area contributed by atoms with Gasteiger partial charge < -0.3 is 19.7 Å². The third kappa shape index (κ3) is 7.81. The van der Waals surface area contributed by atoms with Gasteiger partial charge in [0.25, 0.3) is 0 Å². The number of benzene rings is 2. The molecule has 33 heavy (non-hydrogen) atoms. The van der Waals surface area contributed by atoms with Gasteiger partial charge >= 0.3 is 0 Å². The second-order valence-corrected chi connectivity index (χ2v) is 8.76. The van der Waals surface area contributed by atoms with Crippen molar-refractivity contribution in [1.29, 1.82) is 0 Å². The van der Waals surface area contributed by atoms with E-state index in [9.17, 15) is 9.59 Å².